The van der Waals surface area contributed by atoms with Gasteiger partial charge in [-0.1, -0.05) is 18.2 Å². The van der Waals surface area contributed by atoms with Gasteiger partial charge in [0.15, 0.2) is 0 Å². The van der Waals surface area contributed by atoms with Crippen LogP contribution in [0.3, 0.4) is 0 Å². The van der Waals surface area contributed by atoms with Crippen molar-refractivity contribution in [1.82, 2.24) is 14.8 Å². The highest BCUT2D eigenvalue weighted by Gasteiger charge is 2.18. The highest BCUT2D eigenvalue weighted by atomic mass is 16.5. The largest absolute Gasteiger partial charge is 0.494 e. The minimum Gasteiger partial charge on any atom is -0.494 e. The molecule has 0 aliphatic rings. The SMILES string of the molecule is CCOc1ccc2ncc3c(-c4ccc(C)c(C)c4)nn(-c4ccc(C)c(C)c4)c3c2c1. The molecule has 4 heteroatoms. The Kier molecular flexibility index (Phi) is 4.93. The Morgan fingerprint density at radius 2 is 1.53 bits per heavy atom. The molecule has 5 rings (SSSR count). The van der Waals surface area contributed by atoms with E-state index >= 15 is 0 Å². The Bertz CT molecular complexity index is 1480. The fraction of sp³-hybridized carbons (Fsp3) is 0.214. The highest BCUT2D eigenvalue weighted by Crippen LogP contribution is 2.35. The molecule has 0 spiro atoms. The predicted octanol–water partition coefficient (Wildman–Crippen LogP) is 6.87. The van der Waals surface area contributed by atoms with Crippen LogP contribution in [0.15, 0.2) is 60.8 Å². The van der Waals surface area contributed by atoms with E-state index in [-0.39, 0.29) is 0 Å². The maximum absolute atomic E-state index is 5.81. The van der Waals surface area contributed by atoms with E-state index in [2.05, 4.69) is 74.8 Å². The second-order valence-corrected chi connectivity index (χ2v) is 8.46. The van der Waals surface area contributed by atoms with Gasteiger partial charge in [0, 0.05) is 22.5 Å². The van der Waals surface area contributed by atoms with Crippen molar-refractivity contribution in [3.63, 3.8) is 0 Å². The van der Waals surface area contributed by atoms with Crippen LogP contribution in [0, 0.1) is 27.7 Å². The van der Waals surface area contributed by atoms with Crippen molar-refractivity contribution in [3.05, 3.63) is 83.0 Å². The van der Waals surface area contributed by atoms with Gasteiger partial charge in [0.05, 0.1) is 23.3 Å². The molecule has 0 saturated heterocycles. The third-order valence-electron chi connectivity index (χ3n) is 6.30. The van der Waals surface area contributed by atoms with Crippen molar-refractivity contribution < 1.29 is 4.74 Å². The second kappa shape index (κ2) is 7.79. The molecular weight excluding hydrogens is 394 g/mol. The zero-order valence-corrected chi connectivity index (χ0v) is 19.2. The van der Waals surface area contributed by atoms with Gasteiger partial charge in [0.25, 0.3) is 0 Å². The van der Waals surface area contributed by atoms with Gasteiger partial charge in [-0.05, 0) is 93.3 Å². The van der Waals surface area contributed by atoms with E-state index in [9.17, 15) is 0 Å². The van der Waals surface area contributed by atoms with E-state index in [1.807, 2.05) is 25.3 Å². The van der Waals surface area contributed by atoms with Gasteiger partial charge in [-0.25, -0.2) is 4.68 Å². The minimum atomic E-state index is 0.624. The first kappa shape index (κ1) is 20.3. The predicted molar refractivity (Wildman–Crippen MR) is 132 cm³/mol. The molecule has 0 saturated carbocycles. The summed E-state index contributed by atoms with van der Waals surface area (Å²) < 4.78 is 7.87. The summed E-state index contributed by atoms with van der Waals surface area (Å²) >= 11 is 0. The molecule has 0 radical (unpaired) electrons. The third kappa shape index (κ3) is 3.32. The number of benzene rings is 3. The lowest BCUT2D eigenvalue weighted by Gasteiger charge is -2.09. The number of pyridine rings is 1. The van der Waals surface area contributed by atoms with E-state index < -0.39 is 0 Å². The van der Waals surface area contributed by atoms with Crippen LogP contribution in [0.5, 0.6) is 5.75 Å². The van der Waals surface area contributed by atoms with Crippen LogP contribution in [0.1, 0.15) is 29.2 Å². The number of nitrogens with zero attached hydrogens (tertiary/aromatic N) is 3. The number of fused-ring (bicyclic) bond motifs is 3. The zero-order chi connectivity index (χ0) is 22.4. The summed E-state index contributed by atoms with van der Waals surface area (Å²) in [4.78, 5) is 4.77. The van der Waals surface area contributed by atoms with Crippen LogP contribution in [-0.2, 0) is 0 Å². The lowest BCUT2D eigenvalue weighted by atomic mass is 10.0. The van der Waals surface area contributed by atoms with Crippen LogP contribution in [-0.4, -0.2) is 21.4 Å². The molecular formula is C28H27N3O. The Morgan fingerprint density at radius 1 is 0.781 bits per heavy atom. The number of aromatic nitrogens is 3. The van der Waals surface area contributed by atoms with Crippen molar-refractivity contribution in [2.45, 2.75) is 34.6 Å². The molecule has 2 aromatic heterocycles. The molecule has 0 N–H and O–H groups in total. The Labute approximate surface area is 188 Å². The minimum absolute atomic E-state index is 0.624. The van der Waals surface area contributed by atoms with Gasteiger partial charge in [0.1, 0.15) is 11.4 Å². The van der Waals surface area contributed by atoms with Crippen molar-refractivity contribution in [2.75, 3.05) is 6.61 Å². The molecule has 0 amide bonds. The summed E-state index contributed by atoms with van der Waals surface area (Å²) in [6.45, 7) is 11.2. The molecule has 2 heterocycles. The molecule has 0 aliphatic heterocycles. The quantitative estimate of drug-likeness (QED) is 0.318. The fourth-order valence-corrected chi connectivity index (χ4v) is 4.17. The molecule has 4 nitrogen and oxygen atoms in total. The van der Waals surface area contributed by atoms with Crippen LogP contribution in [0.4, 0.5) is 0 Å². The van der Waals surface area contributed by atoms with E-state index in [1.54, 1.807) is 0 Å². The van der Waals surface area contributed by atoms with Crippen molar-refractivity contribution in [3.8, 4) is 22.7 Å². The number of ether oxygens (including phenoxy) is 1. The molecule has 3 aromatic carbocycles. The summed E-state index contributed by atoms with van der Waals surface area (Å²) in [5, 5.41) is 7.20. The van der Waals surface area contributed by atoms with E-state index in [4.69, 9.17) is 14.8 Å². The number of hydrogen-bond acceptors (Lipinski definition) is 3. The average Bonchev–Trinajstić information content (AvgIpc) is 3.18. The van der Waals surface area contributed by atoms with Gasteiger partial charge in [-0.3, -0.25) is 4.98 Å². The maximum atomic E-state index is 5.81. The first-order valence-corrected chi connectivity index (χ1v) is 11.1. The van der Waals surface area contributed by atoms with Gasteiger partial charge >= 0.3 is 0 Å². The summed E-state index contributed by atoms with van der Waals surface area (Å²) in [6, 6.07) is 19.1. The van der Waals surface area contributed by atoms with Gasteiger partial charge in [-0.15, -0.1) is 0 Å². The summed E-state index contributed by atoms with van der Waals surface area (Å²) in [6.07, 6.45) is 1.95. The van der Waals surface area contributed by atoms with Gasteiger partial charge in [-0.2, -0.15) is 5.10 Å². The van der Waals surface area contributed by atoms with Crippen LogP contribution < -0.4 is 4.74 Å². The number of hydrogen-bond donors (Lipinski definition) is 0. The molecule has 0 unspecified atom stereocenters. The lowest BCUT2D eigenvalue weighted by molar-refractivity contribution is 0.341. The standard InChI is InChI=1S/C28H27N3O/c1-6-32-23-11-12-26-24(15-23)28-25(16-29-26)27(21-9-7-17(2)19(4)13-21)30-31(28)22-10-8-18(3)20(5)14-22/h7-16H,6H2,1-5H3. The van der Waals surface area contributed by atoms with Crippen molar-refractivity contribution in [2.24, 2.45) is 0 Å². The Hall–Kier alpha value is -3.66. The first-order chi connectivity index (χ1) is 15.5. The first-order valence-electron chi connectivity index (χ1n) is 11.1. The molecule has 0 aliphatic carbocycles. The van der Waals surface area contributed by atoms with Crippen molar-refractivity contribution in [1.29, 1.82) is 0 Å². The number of aryl methyl sites for hydroxylation is 4. The molecule has 5 aromatic rings. The zero-order valence-electron chi connectivity index (χ0n) is 19.2. The summed E-state index contributed by atoms with van der Waals surface area (Å²) in [5.41, 5.74) is 10.1. The fourth-order valence-electron chi connectivity index (χ4n) is 4.17. The molecule has 0 atom stereocenters. The van der Waals surface area contributed by atoms with Crippen LogP contribution in [0.25, 0.3) is 38.8 Å². The second-order valence-electron chi connectivity index (χ2n) is 8.46. The molecule has 0 bridgehead atoms. The maximum Gasteiger partial charge on any atom is 0.120 e. The Balaban J connectivity index is 1.87. The molecule has 32 heavy (non-hydrogen) atoms. The average molecular weight is 422 g/mol. The molecule has 0 fully saturated rings. The van der Waals surface area contributed by atoms with Crippen LogP contribution >= 0.6 is 0 Å². The smallest absolute Gasteiger partial charge is 0.120 e. The monoisotopic (exact) mass is 421 g/mol. The van der Waals surface area contributed by atoms with Gasteiger partial charge < -0.3 is 4.74 Å². The summed E-state index contributed by atoms with van der Waals surface area (Å²) in [5.74, 6) is 0.842. The summed E-state index contributed by atoms with van der Waals surface area (Å²) in [7, 11) is 0. The van der Waals surface area contributed by atoms with Crippen molar-refractivity contribution >= 4 is 21.8 Å². The highest BCUT2D eigenvalue weighted by molar-refractivity contribution is 6.09. The normalized spacial score (nSPS) is 11.4. The van der Waals surface area contributed by atoms with E-state index in [0.717, 1.165) is 44.5 Å². The van der Waals surface area contributed by atoms with Crippen LogP contribution in [0.2, 0.25) is 0 Å². The van der Waals surface area contributed by atoms with Gasteiger partial charge in [0.2, 0.25) is 0 Å². The number of rotatable bonds is 4. The topological polar surface area (TPSA) is 39.9 Å². The van der Waals surface area contributed by atoms with E-state index in [1.165, 1.54) is 22.3 Å². The molecule has 160 valence electrons. The lowest BCUT2D eigenvalue weighted by Crippen LogP contribution is -1.99. The Morgan fingerprint density at radius 3 is 2.25 bits per heavy atom. The van der Waals surface area contributed by atoms with E-state index in [0.29, 0.717) is 6.61 Å². The third-order valence-corrected chi connectivity index (χ3v) is 6.30.